The van der Waals surface area contributed by atoms with Gasteiger partial charge in [-0.1, -0.05) is 54.5 Å². The highest BCUT2D eigenvalue weighted by molar-refractivity contribution is 8.00. The number of rotatable bonds is 12. The molecule has 672 valence electrons. The molecule has 6 fully saturated rings. The van der Waals surface area contributed by atoms with Gasteiger partial charge in [0.05, 0.1) is 71.3 Å². The van der Waals surface area contributed by atoms with E-state index in [0.29, 0.717) is 180 Å². The first-order chi connectivity index (χ1) is 60.9. The van der Waals surface area contributed by atoms with Crippen molar-refractivity contribution >= 4 is 138 Å². The van der Waals surface area contributed by atoms with Crippen molar-refractivity contribution < 1.29 is 54.9 Å². The van der Waals surface area contributed by atoms with Crippen molar-refractivity contribution in [3.8, 4) is 33.4 Å². The molecule has 9 aliphatic heterocycles. The first kappa shape index (κ1) is 91.3. The Bertz CT molecular complexity index is 6100. The lowest BCUT2D eigenvalue weighted by Gasteiger charge is -2.44. The number of carbonyl (C=O) groups excluding carboxylic acids is 3. The highest BCUT2D eigenvalue weighted by Gasteiger charge is 2.41. The molecule has 0 aliphatic carbocycles. The second-order valence-electron chi connectivity index (χ2n) is 33.6. The fraction of sp³-hybridized carbons (Fsp3) is 0.440. The number of morpholine rings is 3. The summed E-state index contributed by atoms with van der Waals surface area (Å²) < 4.78 is 111. The Morgan fingerprint density at radius 2 is 0.740 bits per heavy atom. The highest BCUT2D eigenvalue weighted by atomic mass is 35.5. The second-order valence-corrected chi connectivity index (χ2v) is 37.9. The van der Waals surface area contributed by atoms with Crippen LogP contribution in [0.15, 0.2) is 122 Å². The molecule has 0 radical (unpaired) electrons. The lowest BCUT2D eigenvalue weighted by Crippen LogP contribution is -2.58. The van der Waals surface area contributed by atoms with Crippen molar-refractivity contribution in [1.29, 1.82) is 0 Å². The minimum absolute atomic E-state index is 0.0251. The number of amides is 3. The van der Waals surface area contributed by atoms with E-state index in [-0.39, 0.29) is 109 Å². The number of halogens is 9. The molecule has 9 aromatic rings. The normalized spacial score (nSPS) is 22.0. The number of benzene rings is 6. The van der Waals surface area contributed by atoms with Gasteiger partial charge in [0.15, 0.2) is 0 Å². The first-order valence-electron chi connectivity index (χ1n) is 42.5. The summed E-state index contributed by atoms with van der Waals surface area (Å²) in [5.41, 5.74) is 5.52. The largest absolute Gasteiger partial charge is 0.379 e. The van der Waals surface area contributed by atoms with Gasteiger partial charge in [-0.05, 0) is 120 Å². The van der Waals surface area contributed by atoms with Crippen LogP contribution >= 0.6 is 70.1 Å². The molecule has 0 bridgehead atoms. The van der Waals surface area contributed by atoms with Crippen molar-refractivity contribution in [2.24, 2.45) is 0 Å². The molecule has 0 N–H and O–H groups in total. The second kappa shape index (κ2) is 38.2. The van der Waals surface area contributed by atoms with E-state index >= 15 is 13.2 Å². The summed E-state index contributed by atoms with van der Waals surface area (Å²) in [6.45, 7) is 37.8. The summed E-state index contributed by atoms with van der Waals surface area (Å²) in [6, 6.07) is 11.8. The Balaban J connectivity index is 0.000000140. The molecule has 0 saturated carbocycles. The van der Waals surface area contributed by atoms with Gasteiger partial charge in [-0.25, -0.2) is 40.7 Å². The smallest absolute Gasteiger partial charge is 0.350 e. The molecule has 18 rings (SSSR count). The number of ether oxygens (including phenoxy) is 3. The van der Waals surface area contributed by atoms with Crippen LogP contribution in [0.25, 0.3) is 66.1 Å². The monoisotopic (exact) mass is 1860 g/mol. The molecule has 7 atom stereocenters. The molecule has 127 heavy (non-hydrogen) atoms. The minimum atomic E-state index is -0.826. The molecule has 0 spiro atoms. The molecule has 12 heterocycles. The van der Waals surface area contributed by atoms with Gasteiger partial charge in [-0.3, -0.25) is 42.8 Å². The number of anilines is 3. The van der Waals surface area contributed by atoms with E-state index < -0.39 is 34.9 Å². The Morgan fingerprint density at radius 1 is 0.402 bits per heavy atom. The van der Waals surface area contributed by atoms with Gasteiger partial charge in [-0.2, -0.15) is 15.0 Å². The fourth-order valence-electron chi connectivity index (χ4n) is 19.3. The van der Waals surface area contributed by atoms with Crippen LogP contribution in [0.2, 0.25) is 15.1 Å². The van der Waals surface area contributed by atoms with E-state index in [1.807, 2.05) is 71.6 Å². The summed E-state index contributed by atoms with van der Waals surface area (Å²) in [5, 5.41) is 1.83. The number of hydrogen-bond acceptors (Lipinski definition) is 21. The van der Waals surface area contributed by atoms with Gasteiger partial charge < -0.3 is 43.6 Å². The molecular formula is C91H98Cl3F6N15O9S3. The average molecular weight is 1860 g/mol. The predicted molar refractivity (Wildman–Crippen MR) is 489 cm³/mol. The lowest BCUT2D eigenvalue weighted by atomic mass is 9.96. The van der Waals surface area contributed by atoms with E-state index in [1.54, 1.807) is 63.7 Å². The van der Waals surface area contributed by atoms with Gasteiger partial charge in [0.25, 0.3) is 0 Å². The number of piperazine rings is 3. The molecule has 3 amide bonds. The number of aryl methyl sites for hydroxylation is 3. The Labute approximate surface area is 758 Å². The summed E-state index contributed by atoms with van der Waals surface area (Å²) in [7, 11) is 0. The van der Waals surface area contributed by atoms with Crippen LogP contribution in [0, 0.1) is 55.7 Å². The molecule has 24 nitrogen and oxygen atoms in total. The van der Waals surface area contributed by atoms with Crippen molar-refractivity contribution in [1.82, 2.24) is 58.1 Å². The lowest BCUT2D eigenvalue weighted by molar-refractivity contribution is -0.131. The van der Waals surface area contributed by atoms with E-state index in [9.17, 15) is 41.9 Å². The summed E-state index contributed by atoms with van der Waals surface area (Å²) in [5.74, 6) is -1.40. The van der Waals surface area contributed by atoms with Gasteiger partial charge in [0, 0.05) is 253 Å². The molecule has 3 aromatic heterocycles. The zero-order chi connectivity index (χ0) is 90.0. The summed E-state index contributed by atoms with van der Waals surface area (Å²) in [4.78, 5) is 113. The van der Waals surface area contributed by atoms with Gasteiger partial charge in [0.1, 0.15) is 52.4 Å². The van der Waals surface area contributed by atoms with Gasteiger partial charge >= 0.3 is 17.1 Å². The number of hydrogen-bond donors (Lipinski definition) is 0. The third-order valence-corrected chi connectivity index (χ3v) is 30.2. The Hall–Kier alpha value is -8.97. The minimum Gasteiger partial charge on any atom is -0.379 e. The maximum atomic E-state index is 15.4. The quantitative estimate of drug-likeness (QED) is 0.0632. The zero-order valence-corrected chi connectivity index (χ0v) is 76.2. The van der Waals surface area contributed by atoms with Crippen LogP contribution in [0.5, 0.6) is 0 Å². The van der Waals surface area contributed by atoms with E-state index in [1.165, 1.54) is 36.4 Å². The molecule has 3 unspecified atom stereocenters. The topological polar surface area (TPSA) is 213 Å². The maximum absolute atomic E-state index is 15.4. The third-order valence-electron chi connectivity index (χ3n) is 25.6. The molecule has 9 aliphatic rings. The highest BCUT2D eigenvalue weighted by Crippen LogP contribution is 2.50. The van der Waals surface area contributed by atoms with Crippen molar-refractivity contribution in [3.05, 3.63) is 191 Å². The third kappa shape index (κ3) is 17.9. The van der Waals surface area contributed by atoms with Crippen LogP contribution in [0.3, 0.4) is 0 Å². The Morgan fingerprint density at radius 3 is 1.09 bits per heavy atom. The van der Waals surface area contributed by atoms with Crippen LogP contribution in [-0.4, -0.2) is 267 Å². The van der Waals surface area contributed by atoms with Crippen LogP contribution < -0.4 is 31.8 Å². The van der Waals surface area contributed by atoms with Crippen LogP contribution in [0.4, 0.5) is 43.8 Å². The molecular weight excluding hydrogens is 1760 g/mol. The van der Waals surface area contributed by atoms with Gasteiger partial charge in [0.2, 0.25) is 17.7 Å². The fourth-order valence-corrected chi connectivity index (χ4v) is 24.1. The van der Waals surface area contributed by atoms with Crippen molar-refractivity contribution in [2.45, 2.75) is 125 Å². The molecule has 6 aromatic carbocycles. The number of nitrogens with zero attached hydrogens (tertiary/aromatic N) is 15. The maximum Gasteiger partial charge on any atom is 0.350 e. The van der Waals surface area contributed by atoms with E-state index in [0.717, 1.165) is 105 Å². The van der Waals surface area contributed by atoms with Crippen molar-refractivity contribution in [3.63, 3.8) is 0 Å². The SMILES string of the molecule is C=CC(=O)N1CCN(c2nc(=O)n3c4c(c(-c5cc(Cl)c(F)cc5F)c(C)cc24)SCC(N2CCOCC2)C3)CC1.C=CC(=O)N1C[C@H](C)N(c2nc(=O)n3c4c(c(-c5cc(Cl)c(F)cc5F)c(C)cc24)SCC(N2CCOCC2)C3)C[C@H]1C.C=CC(=O)N1[C@H](C)CN(c2nc(=O)n3c4c(c(-c5cc(Cl)c(F)cc5F)c(C)cc24)SCC(N2CCOCC2)C3)C[C@@H]1C. The molecule has 36 heteroatoms. The predicted octanol–water partition coefficient (Wildman–Crippen LogP) is 13.4. The van der Waals surface area contributed by atoms with Crippen molar-refractivity contribution in [2.75, 3.05) is 163 Å². The van der Waals surface area contributed by atoms with E-state index in [4.69, 9.17) is 49.0 Å². The Kier molecular flexibility index (Phi) is 27.5. The van der Waals surface area contributed by atoms with Crippen LogP contribution in [0.1, 0.15) is 44.4 Å². The average Bonchev–Trinajstić information content (AvgIpc) is 1.73. The van der Waals surface area contributed by atoms with Gasteiger partial charge in [-0.15, -0.1) is 35.3 Å². The standard InChI is InChI=1S/2C31H34ClF2N5O3S.C29H30ClF2N5O3S/c1-5-26(40)37-13-19(4)38(14-18(37)3)30-22-10-17(2)27(21-11-23(32)25(34)12-24(21)33)29-28(22)39(31(41)35-30)15-20(16-43-29)36-6-8-42-9-7-36;1-5-26(40)39-18(3)13-37(14-19(39)4)30-22-10-17(2)27(21-11-23(32)25(34)12-24(21)33)29-28(22)38(31(41)35-30)15-20(16-43-29)36-6-8-42-9-7-36;1-3-24(38)35-4-6-36(7-5-35)28-20-12-17(2)25(19-13-21(30)23(32)14-22(19)31)27-26(20)37(29(39)33-28)15-18(16-41-27)34-8-10-40-11-9-34/h2*5,10-12,18-20H,1,6-9,13-16H2,2-4H3;3,12-14,18H,1,4-11,15-16H2,2H3/t2*18-,19+,20?;/m1../s1. The zero-order valence-electron chi connectivity index (χ0n) is 71.5. The number of aromatic nitrogens is 6. The number of thioether (sulfide) groups is 3. The van der Waals surface area contributed by atoms with E-state index in [2.05, 4.69) is 59.2 Å². The van der Waals surface area contributed by atoms with Crippen LogP contribution in [-0.2, 0) is 48.2 Å². The molecule has 6 saturated heterocycles. The number of carbonyl (C=O) groups is 3. The summed E-state index contributed by atoms with van der Waals surface area (Å²) in [6.07, 6.45) is 3.95. The summed E-state index contributed by atoms with van der Waals surface area (Å²) >= 11 is 23.2. The first-order valence-corrected chi connectivity index (χ1v) is 46.6.